The van der Waals surface area contributed by atoms with Gasteiger partial charge in [0.05, 0.1) is 6.54 Å². The Bertz CT molecular complexity index is 656. The molecule has 1 aromatic carbocycles. The third-order valence-electron chi connectivity index (χ3n) is 3.82. The molecule has 1 fully saturated rings. The molecule has 3 nitrogen and oxygen atoms in total. The lowest BCUT2D eigenvalue weighted by Gasteiger charge is -2.07. The van der Waals surface area contributed by atoms with Gasteiger partial charge in [0.25, 0.3) is 0 Å². The maximum atomic E-state index is 11.6. The summed E-state index contributed by atoms with van der Waals surface area (Å²) in [4.78, 5) is 15.0. The van der Waals surface area contributed by atoms with Crippen molar-refractivity contribution >= 4 is 28.4 Å². The zero-order valence-corrected chi connectivity index (χ0v) is 12.6. The number of benzene rings is 1. The van der Waals surface area contributed by atoms with Crippen LogP contribution in [-0.2, 0) is 11.3 Å². The normalized spacial score (nSPS) is 15.0. The Morgan fingerprint density at radius 1 is 1.40 bits per heavy atom. The minimum Gasteiger partial charge on any atom is -0.357 e. The molecule has 2 aromatic rings. The van der Waals surface area contributed by atoms with E-state index in [1.807, 2.05) is 6.07 Å². The molecule has 1 aliphatic rings. The lowest BCUT2D eigenvalue weighted by Crippen LogP contribution is -2.24. The molecule has 2 N–H and O–H groups in total. The van der Waals surface area contributed by atoms with E-state index in [1.165, 1.54) is 0 Å². The number of aromatic amines is 1. The molecule has 106 valence electrons. The molecule has 4 heteroatoms. The molecule has 0 atom stereocenters. The Labute approximate surface area is 123 Å². The Balaban J connectivity index is 1.80. The van der Waals surface area contributed by atoms with Crippen LogP contribution in [0.1, 0.15) is 43.9 Å². The largest absolute Gasteiger partial charge is 0.357 e. The van der Waals surface area contributed by atoms with Crippen molar-refractivity contribution < 1.29 is 4.79 Å². The van der Waals surface area contributed by atoms with E-state index in [9.17, 15) is 4.79 Å². The monoisotopic (exact) mass is 290 g/mol. The minimum atomic E-state index is 0.171. The second-order valence-electron chi connectivity index (χ2n) is 5.90. The summed E-state index contributed by atoms with van der Waals surface area (Å²) in [6.07, 6.45) is 2.07. The maximum Gasteiger partial charge on any atom is 0.223 e. The Hall–Kier alpha value is -1.48. The van der Waals surface area contributed by atoms with Crippen LogP contribution in [0.15, 0.2) is 18.2 Å². The average molecular weight is 291 g/mol. The minimum absolute atomic E-state index is 0.171. The standard InChI is InChI=1S/C16H19ClN2O/c1-9(2)13-7-15-11(6-14(13)17)5-12(19-15)8-18-16(20)10-3-4-10/h5-7,9-10,19H,3-4,8H2,1-2H3,(H,18,20). The molecule has 0 unspecified atom stereocenters. The second-order valence-corrected chi connectivity index (χ2v) is 6.31. The molecule has 1 heterocycles. The van der Waals surface area contributed by atoms with Gasteiger partial charge in [-0.2, -0.15) is 0 Å². The van der Waals surface area contributed by atoms with Gasteiger partial charge >= 0.3 is 0 Å². The molecule has 1 saturated carbocycles. The van der Waals surface area contributed by atoms with Crippen molar-refractivity contribution in [3.63, 3.8) is 0 Å². The van der Waals surface area contributed by atoms with E-state index in [0.717, 1.165) is 40.0 Å². The number of H-pyrrole nitrogens is 1. The number of hydrogen-bond acceptors (Lipinski definition) is 1. The van der Waals surface area contributed by atoms with Crippen molar-refractivity contribution in [1.82, 2.24) is 10.3 Å². The molecule has 0 bridgehead atoms. The highest BCUT2D eigenvalue weighted by molar-refractivity contribution is 6.32. The quantitative estimate of drug-likeness (QED) is 0.879. The predicted molar refractivity (Wildman–Crippen MR) is 82.0 cm³/mol. The van der Waals surface area contributed by atoms with Gasteiger partial charge in [-0.05, 0) is 42.5 Å². The lowest BCUT2D eigenvalue weighted by atomic mass is 10.0. The van der Waals surface area contributed by atoms with E-state index in [4.69, 9.17) is 11.6 Å². The van der Waals surface area contributed by atoms with Crippen molar-refractivity contribution in [3.8, 4) is 0 Å². The van der Waals surface area contributed by atoms with Gasteiger partial charge < -0.3 is 10.3 Å². The molecule has 1 amide bonds. The fourth-order valence-electron chi connectivity index (χ4n) is 2.44. The number of halogens is 1. The molecular formula is C16H19ClN2O. The molecule has 1 aromatic heterocycles. The number of hydrogen-bond donors (Lipinski definition) is 2. The van der Waals surface area contributed by atoms with Crippen LogP contribution in [0.2, 0.25) is 5.02 Å². The summed E-state index contributed by atoms with van der Waals surface area (Å²) in [5.74, 6) is 0.819. The first-order chi connectivity index (χ1) is 9.54. The number of aromatic nitrogens is 1. The molecule has 20 heavy (non-hydrogen) atoms. The third-order valence-corrected chi connectivity index (χ3v) is 4.14. The lowest BCUT2D eigenvalue weighted by molar-refractivity contribution is -0.122. The van der Waals surface area contributed by atoms with Crippen molar-refractivity contribution in [3.05, 3.63) is 34.5 Å². The van der Waals surface area contributed by atoms with Crippen molar-refractivity contribution in [2.24, 2.45) is 5.92 Å². The van der Waals surface area contributed by atoms with E-state index in [-0.39, 0.29) is 11.8 Å². The first-order valence-electron chi connectivity index (χ1n) is 7.13. The summed E-state index contributed by atoms with van der Waals surface area (Å²) < 4.78 is 0. The first-order valence-corrected chi connectivity index (χ1v) is 7.51. The zero-order chi connectivity index (χ0) is 14.3. The third kappa shape index (κ3) is 2.68. The summed E-state index contributed by atoms with van der Waals surface area (Å²) in [5.41, 5.74) is 3.24. The van der Waals surface area contributed by atoms with Gasteiger partial charge in [0.15, 0.2) is 0 Å². The van der Waals surface area contributed by atoms with Gasteiger partial charge in [0.1, 0.15) is 0 Å². The number of carbonyl (C=O) groups excluding carboxylic acids is 1. The maximum absolute atomic E-state index is 11.6. The molecule has 3 rings (SSSR count). The van der Waals surface area contributed by atoms with Crippen LogP contribution >= 0.6 is 11.6 Å². The summed E-state index contributed by atoms with van der Waals surface area (Å²) in [5, 5.41) is 4.87. The predicted octanol–water partition coefficient (Wildman–Crippen LogP) is 3.97. The van der Waals surface area contributed by atoms with Crippen molar-refractivity contribution in [2.45, 2.75) is 39.2 Å². The summed E-state index contributed by atoms with van der Waals surface area (Å²) in [6, 6.07) is 6.15. The second kappa shape index (κ2) is 5.13. The van der Waals surface area contributed by atoms with E-state index in [0.29, 0.717) is 12.5 Å². The molecule has 0 aliphatic heterocycles. The van der Waals surface area contributed by atoms with Crippen LogP contribution in [0.25, 0.3) is 10.9 Å². The smallest absolute Gasteiger partial charge is 0.223 e. The van der Waals surface area contributed by atoms with Crippen molar-refractivity contribution in [2.75, 3.05) is 0 Å². The molecule has 0 saturated heterocycles. The van der Waals surface area contributed by atoms with E-state index < -0.39 is 0 Å². The Morgan fingerprint density at radius 3 is 2.80 bits per heavy atom. The number of rotatable bonds is 4. The van der Waals surface area contributed by atoms with Crippen LogP contribution < -0.4 is 5.32 Å². The highest BCUT2D eigenvalue weighted by Crippen LogP contribution is 2.30. The number of fused-ring (bicyclic) bond motifs is 1. The first kappa shape index (κ1) is 13.5. The highest BCUT2D eigenvalue weighted by atomic mass is 35.5. The van der Waals surface area contributed by atoms with Gasteiger partial charge in [-0.3, -0.25) is 4.79 Å². The summed E-state index contributed by atoms with van der Waals surface area (Å²) in [6.45, 7) is 4.82. The Kier molecular flexibility index (Phi) is 3.47. The molecule has 0 radical (unpaired) electrons. The van der Waals surface area contributed by atoms with Crippen LogP contribution in [0.4, 0.5) is 0 Å². The fraction of sp³-hybridized carbons (Fsp3) is 0.438. The van der Waals surface area contributed by atoms with Gasteiger partial charge in [0.2, 0.25) is 5.91 Å². The van der Waals surface area contributed by atoms with E-state index in [1.54, 1.807) is 0 Å². The fourth-order valence-corrected chi connectivity index (χ4v) is 2.83. The van der Waals surface area contributed by atoms with E-state index >= 15 is 0 Å². The Morgan fingerprint density at radius 2 is 2.15 bits per heavy atom. The van der Waals surface area contributed by atoms with Gasteiger partial charge in [0, 0.05) is 27.5 Å². The highest BCUT2D eigenvalue weighted by Gasteiger charge is 2.29. The molecular weight excluding hydrogens is 272 g/mol. The average Bonchev–Trinajstić information content (AvgIpc) is 3.16. The van der Waals surface area contributed by atoms with Crippen LogP contribution in [0, 0.1) is 5.92 Å². The molecule has 1 aliphatic carbocycles. The van der Waals surface area contributed by atoms with Gasteiger partial charge in [-0.25, -0.2) is 0 Å². The molecule has 0 spiro atoms. The number of nitrogens with one attached hydrogen (secondary N) is 2. The number of amides is 1. The van der Waals surface area contributed by atoms with Crippen molar-refractivity contribution in [1.29, 1.82) is 0 Å². The SMILES string of the molecule is CC(C)c1cc2[nH]c(CNC(=O)C3CC3)cc2cc1Cl. The van der Waals surface area contributed by atoms with E-state index in [2.05, 4.69) is 36.3 Å². The summed E-state index contributed by atoms with van der Waals surface area (Å²) >= 11 is 6.30. The van der Waals surface area contributed by atoms with Gasteiger partial charge in [-0.15, -0.1) is 0 Å². The summed E-state index contributed by atoms with van der Waals surface area (Å²) in [7, 11) is 0. The van der Waals surface area contributed by atoms with Crippen LogP contribution in [0.3, 0.4) is 0 Å². The van der Waals surface area contributed by atoms with Crippen LogP contribution in [0.5, 0.6) is 0 Å². The topological polar surface area (TPSA) is 44.9 Å². The van der Waals surface area contributed by atoms with Gasteiger partial charge in [-0.1, -0.05) is 25.4 Å². The zero-order valence-electron chi connectivity index (χ0n) is 11.8. The van der Waals surface area contributed by atoms with Crippen LogP contribution in [-0.4, -0.2) is 10.9 Å². The number of carbonyl (C=O) groups is 1.